The second kappa shape index (κ2) is 5.62. The van der Waals surface area contributed by atoms with E-state index in [1.807, 2.05) is 32.0 Å². The fourth-order valence-electron chi connectivity index (χ4n) is 2.33. The van der Waals surface area contributed by atoms with E-state index >= 15 is 0 Å². The number of aryl methyl sites for hydroxylation is 3. The summed E-state index contributed by atoms with van der Waals surface area (Å²) in [4.78, 5) is 12.2. The number of rotatable bonds is 3. The second-order valence-electron chi connectivity index (χ2n) is 5.85. The first kappa shape index (κ1) is 14.5. The fourth-order valence-corrected chi connectivity index (χ4v) is 2.33. The van der Waals surface area contributed by atoms with Crippen LogP contribution in [0.1, 0.15) is 40.9 Å². The standard InChI is InChI=1S/C19H22O/c1-12(2)19(20)17-9-7-14(4)18(11-17)16-8-6-13(3)15(5)10-16/h6-12H,1-5H3. The van der Waals surface area contributed by atoms with Gasteiger partial charge in [0.15, 0.2) is 5.78 Å². The normalized spacial score (nSPS) is 10.9. The Hall–Kier alpha value is -1.89. The molecule has 104 valence electrons. The van der Waals surface area contributed by atoms with Crippen molar-refractivity contribution in [2.75, 3.05) is 0 Å². The van der Waals surface area contributed by atoms with Crippen molar-refractivity contribution in [2.24, 2.45) is 5.92 Å². The topological polar surface area (TPSA) is 17.1 Å². The summed E-state index contributed by atoms with van der Waals surface area (Å²) in [5, 5.41) is 0. The molecule has 0 aliphatic rings. The van der Waals surface area contributed by atoms with E-state index in [9.17, 15) is 4.79 Å². The van der Waals surface area contributed by atoms with Crippen LogP contribution in [-0.2, 0) is 0 Å². The van der Waals surface area contributed by atoms with Gasteiger partial charge in [0.2, 0.25) is 0 Å². The highest BCUT2D eigenvalue weighted by atomic mass is 16.1. The molecule has 0 aliphatic heterocycles. The lowest BCUT2D eigenvalue weighted by molar-refractivity contribution is 0.0939. The molecule has 0 saturated heterocycles. The third kappa shape index (κ3) is 2.82. The molecule has 20 heavy (non-hydrogen) atoms. The molecule has 0 saturated carbocycles. The lowest BCUT2D eigenvalue weighted by Crippen LogP contribution is -2.07. The quantitative estimate of drug-likeness (QED) is 0.705. The summed E-state index contributed by atoms with van der Waals surface area (Å²) in [6, 6.07) is 12.5. The van der Waals surface area contributed by atoms with Crippen molar-refractivity contribution >= 4 is 5.78 Å². The van der Waals surface area contributed by atoms with E-state index in [1.165, 1.54) is 22.3 Å². The van der Waals surface area contributed by atoms with E-state index < -0.39 is 0 Å². The van der Waals surface area contributed by atoms with E-state index in [1.54, 1.807) is 0 Å². The van der Waals surface area contributed by atoms with Gasteiger partial charge < -0.3 is 0 Å². The minimum Gasteiger partial charge on any atom is -0.294 e. The average molecular weight is 266 g/mol. The lowest BCUT2D eigenvalue weighted by atomic mass is 9.92. The van der Waals surface area contributed by atoms with Gasteiger partial charge in [-0.2, -0.15) is 0 Å². The molecule has 0 unspecified atom stereocenters. The maximum Gasteiger partial charge on any atom is 0.165 e. The van der Waals surface area contributed by atoms with Gasteiger partial charge in [0.25, 0.3) is 0 Å². The molecule has 0 aliphatic carbocycles. The van der Waals surface area contributed by atoms with Crippen LogP contribution in [0.2, 0.25) is 0 Å². The molecule has 0 bridgehead atoms. The molecule has 0 atom stereocenters. The molecule has 0 N–H and O–H groups in total. The van der Waals surface area contributed by atoms with Crippen LogP contribution in [0.3, 0.4) is 0 Å². The average Bonchev–Trinajstić information content (AvgIpc) is 2.41. The van der Waals surface area contributed by atoms with Crippen LogP contribution in [0.4, 0.5) is 0 Å². The third-order valence-corrected chi connectivity index (χ3v) is 3.86. The Morgan fingerprint density at radius 3 is 2.10 bits per heavy atom. The Morgan fingerprint density at radius 2 is 1.50 bits per heavy atom. The van der Waals surface area contributed by atoms with Gasteiger partial charge in [0, 0.05) is 11.5 Å². The van der Waals surface area contributed by atoms with E-state index in [0.717, 1.165) is 11.1 Å². The van der Waals surface area contributed by atoms with Gasteiger partial charge in [-0.1, -0.05) is 44.2 Å². The van der Waals surface area contributed by atoms with Crippen LogP contribution in [-0.4, -0.2) is 5.78 Å². The number of hydrogen-bond donors (Lipinski definition) is 0. The van der Waals surface area contributed by atoms with Gasteiger partial charge in [-0.05, 0) is 54.7 Å². The molecule has 2 rings (SSSR count). The molecular weight excluding hydrogens is 244 g/mol. The summed E-state index contributed by atoms with van der Waals surface area (Å²) >= 11 is 0. The molecule has 2 aromatic carbocycles. The summed E-state index contributed by atoms with van der Waals surface area (Å²) < 4.78 is 0. The van der Waals surface area contributed by atoms with Crippen LogP contribution in [0.5, 0.6) is 0 Å². The van der Waals surface area contributed by atoms with Crippen LogP contribution >= 0.6 is 0 Å². The monoisotopic (exact) mass is 266 g/mol. The maximum absolute atomic E-state index is 12.2. The Kier molecular flexibility index (Phi) is 4.08. The lowest BCUT2D eigenvalue weighted by Gasteiger charge is -2.12. The SMILES string of the molecule is Cc1ccc(-c2cc(C(=O)C(C)C)ccc2C)cc1C. The molecule has 0 spiro atoms. The van der Waals surface area contributed by atoms with Crippen LogP contribution in [0.25, 0.3) is 11.1 Å². The van der Waals surface area contributed by atoms with Gasteiger partial charge >= 0.3 is 0 Å². The summed E-state index contributed by atoms with van der Waals surface area (Å²) in [7, 11) is 0. The van der Waals surface area contributed by atoms with Crippen molar-refractivity contribution in [1.29, 1.82) is 0 Å². The first-order valence-electron chi connectivity index (χ1n) is 7.12. The maximum atomic E-state index is 12.2. The summed E-state index contributed by atoms with van der Waals surface area (Å²) in [5.74, 6) is 0.236. The number of benzene rings is 2. The van der Waals surface area contributed by atoms with Gasteiger partial charge in [0.1, 0.15) is 0 Å². The van der Waals surface area contributed by atoms with Crippen LogP contribution < -0.4 is 0 Å². The Bertz CT molecular complexity index is 651. The molecule has 0 fully saturated rings. The third-order valence-electron chi connectivity index (χ3n) is 3.86. The van der Waals surface area contributed by atoms with E-state index in [0.29, 0.717) is 0 Å². The highest BCUT2D eigenvalue weighted by Gasteiger charge is 2.12. The zero-order valence-corrected chi connectivity index (χ0v) is 12.9. The molecule has 2 aromatic rings. The van der Waals surface area contributed by atoms with Crippen molar-refractivity contribution in [3.63, 3.8) is 0 Å². The minimum atomic E-state index is 0.0327. The largest absolute Gasteiger partial charge is 0.294 e. The summed E-state index contributed by atoms with van der Waals surface area (Å²) in [6.45, 7) is 10.2. The van der Waals surface area contributed by atoms with Gasteiger partial charge in [-0.15, -0.1) is 0 Å². The molecule has 1 nitrogen and oxygen atoms in total. The number of hydrogen-bond acceptors (Lipinski definition) is 1. The van der Waals surface area contributed by atoms with Gasteiger partial charge in [0.05, 0.1) is 0 Å². The van der Waals surface area contributed by atoms with Crippen LogP contribution in [0, 0.1) is 26.7 Å². The number of carbonyl (C=O) groups excluding carboxylic acids is 1. The van der Waals surface area contributed by atoms with Crippen LogP contribution in [0.15, 0.2) is 36.4 Å². The number of ketones is 1. The zero-order valence-electron chi connectivity index (χ0n) is 12.9. The van der Waals surface area contributed by atoms with Crippen molar-refractivity contribution in [3.05, 3.63) is 58.7 Å². The highest BCUT2D eigenvalue weighted by Crippen LogP contribution is 2.27. The van der Waals surface area contributed by atoms with Gasteiger partial charge in [-0.3, -0.25) is 4.79 Å². The molecular formula is C19H22O. The Morgan fingerprint density at radius 1 is 0.850 bits per heavy atom. The van der Waals surface area contributed by atoms with Crippen molar-refractivity contribution in [1.82, 2.24) is 0 Å². The summed E-state index contributed by atoms with van der Waals surface area (Å²) in [5.41, 5.74) is 6.92. The Labute approximate surface area is 121 Å². The first-order chi connectivity index (χ1) is 9.40. The predicted octanol–water partition coefficient (Wildman–Crippen LogP) is 5.12. The molecule has 0 aromatic heterocycles. The Balaban J connectivity index is 2.53. The molecule has 0 radical (unpaired) electrons. The molecule has 0 amide bonds. The second-order valence-corrected chi connectivity index (χ2v) is 5.85. The zero-order chi connectivity index (χ0) is 14.9. The van der Waals surface area contributed by atoms with Crippen molar-refractivity contribution in [3.8, 4) is 11.1 Å². The predicted molar refractivity (Wildman–Crippen MR) is 85.3 cm³/mol. The summed E-state index contributed by atoms with van der Waals surface area (Å²) in [6.07, 6.45) is 0. The van der Waals surface area contributed by atoms with E-state index in [-0.39, 0.29) is 11.7 Å². The highest BCUT2D eigenvalue weighted by molar-refractivity contribution is 5.98. The van der Waals surface area contributed by atoms with Crippen molar-refractivity contribution < 1.29 is 4.79 Å². The number of Topliss-reactive ketones (excluding diaryl/α,β-unsaturated/α-hetero) is 1. The van der Waals surface area contributed by atoms with Gasteiger partial charge in [-0.25, -0.2) is 0 Å². The number of carbonyl (C=O) groups is 1. The smallest absolute Gasteiger partial charge is 0.165 e. The fraction of sp³-hybridized carbons (Fsp3) is 0.316. The van der Waals surface area contributed by atoms with E-state index in [4.69, 9.17) is 0 Å². The molecule has 1 heteroatoms. The van der Waals surface area contributed by atoms with Crippen molar-refractivity contribution in [2.45, 2.75) is 34.6 Å². The minimum absolute atomic E-state index is 0.0327. The first-order valence-corrected chi connectivity index (χ1v) is 7.12. The molecule has 0 heterocycles. The van der Waals surface area contributed by atoms with E-state index in [2.05, 4.69) is 39.0 Å².